The van der Waals surface area contributed by atoms with Crippen molar-refractivity contribution in [2.45, 2.75) is 6.92 Å². The Labute approximate surface area is 93.1 Å². The van der Waals surface area contributed by atoms with Crippen molar-refractivity contribution in [3.63, 3.8) is 0 Å². The van der Waals surface area contributed by atoms with Crippen LogP contribution in [0.2, 0.25) is 0 Å². The quantitative estimate of drug-likeness (QED) is 0.515. The molecule has 90 valence electrons. The molecule has 0 spiro atoms. The van der Waals surface area contributed by atoms with Crippen LogP contribution in [0.4, 0.5) is 5.69 Å². The van der Waals surface area contributed by atoms with Crippen molar-refractivity contribution in [3.8, 4) is 0 Å². The molecule has 16 heavy (non-hydrogen) atoms. The van der Waals surface area contributed by atoms with Gasteiger partial charge in [-0.15, -0.1) is 10.2 Å². The number of hydrogen-bond donors (Lipinski definition) is 2. The molecule has 0 saturated heterocycles. The van der Waals surface area contributed by atoms with E-state index in [-0.39, 0.29) is 5.56 Å². The van der Waals surface area contributed by atoms with Crippen LogP contribution in [0.1, 0.15) is 15.9 Å². The molecule has 0 aliphatic carbocycles. The Balaban J connectivity index is 0.000000385. The highest BCUT2D eigenvalue weighted by molar-refractivity contribution is 5.92. The van der Waals surface area contributed by atoms with E-state index >= 15 is 0 Å². The summed E-state index contributed by atoms with van der Waals surface area (Å²) in [6.45, 7) is 1.85. The summed E-state index contributed by atoms with van der Waals surface area (Å²) in [4.78, 5) is 10.5. The van der Waals surface area contributed by atoms with E-state index < -0.39 is 16.2 Å². The first-order valence-electron chi connectivity index (χ1n) is 3.89. The summed E-state index contributed by atoms with van der Waals surface area (Å²) in [6, 6.07) is 5.16. The molecule has 0 heterocycles. The van der Waals surface area contributed by atoms with Gasteiger partial charge in [0.1, 0.15) is 11.3 Å². The van der Waals surface area contributed by atoms with Crippen molar-refractivity contribution >= 4 is 11.7 Å². The third-order valence-corrected chi connectivity index (χ3v) is 1.50. The number of halogens is 1. The highest BCUT2D eigenvalue weighted by atomic mass is 35.7. The number of hydrogen-bond acceptors (Lipinski definition) is 5. The molecule has 1 aromatic carbocycles. The molecule has 1 rings (SSSR count). The first-order chi connectivity index (χ1) is 7.11. The monoisotopic (exact) mass is 251 g/mol. The number of carboxylic acid groups (broad SMARTS) is 1. The Morgan fingerprint density at radius 1 is 1.31 bits per heavy atom. The topological polar surface area (TPSA) is 157 Å². The van der Waals surface area contributed by atoms with Crippen LogP contribution in [0, 0.1) is 17.2 Å². The maximum atomic E-state index is 10.5. The average Bonchev–Trinajstić information content (AvgIpc) is 2.06. The van der Waals surface area contributed by atoms with Crippen LogP contribution in [0.3, 0.4) is 0 Å². The zero-order chi connectivity index (χ0) is 12.9. The van der Waals surface area contributed by atoms with Crippen molar-refractivity contribution in [3.05, 3.63) is 29.3 Å². The highest BCUT2D eigenvalue weighted by Crippen LogP contribution is 2.11. The fourth-order valence-corrected chi connectivity index (χ4v) is 0.889. The fraction of sp³-hybridized carbons (Fsp3) is 0.125. The minimum absolute atomic E-state index is 0.282. The molecular formula is C8H10ClNO6. The number of carbonyl (C=O) groups is 1. The van der Waals surface area contributed by atoms with Gasteiger partial charge >= 0.3 is 5.97 Å². The Hall–Kier alpha value is -1.22. The standard InChI is InChI=1S/C8H9NO2.ClHO4/c1-5-2-3-7(9)6(4-5)8(10)11;2-1(3,4)5/h2-4H,9H2,1H3,(H,10,11);(H,2,3,4,5). The molecule has 0 bridgehead atoms. The van der Waals surface area contributed by atoms with Gasteiger partial charge in [0.15, 0.2) is 0 Å². The highest BCUT2D eigenvalue weighted by Gasteiger charge is 2.09. The zero-order valence-electron chi connectivity index (χ0n) is 8.31. The second-order valence-electron chi connectivity index (χ2n) is 2.84. The molecule has 0 fully saturated rings. The second-order valence-corrected chi connectivity index (χ2v) is 3.60. The molecular weight excluding hydrogens is 242 g/mol. The van der Waals surface area contributed by atoms with Gasteiger partial charge in [-0.2, -0.15) is 0 Å². The summed E-state index contributed by atoms with van der Waals surface area (Å²) in [7, 11) is -4.94. The maximum absolute atomic E-state index is 10.5. The minimum atomic E-state index is -4.94. The Morgan fingerprint density at radius 2 is 1.75 bits per heavy atom. The lowest BCUT2D eigenvalue weighted by molar-refractivity contribution is -2.00. The van der Waals surface area contributed by atoms with Crippen molar-refractivity contribution in [2.24, 2.45) is 0 Å². The van der Waals surface area contributed by atoms with E-state index in [9.17, 15) is 4.79 Å². The fourth-order valence-electron chi connectivity index (χ4n) is 0.889. The lowest BCUT2D eigenvalue weighted by atomic mass is 10.1. The van der Waals surface area contributed by atoms with E-state index in [1.807, 2.05) is 13.0 Å². The van der Waals surface area contributed by atoms with E-state index in [1.54, 1.807) is 12.1 Å². The van der Waals surface area contributed by atoms with E-state index in [1.165, 1.54) is 0 Å². The van der Waals surface area contributed by atoms with Gasteiger partial charge in [0.05, 0.1) is 0 Å². The Morgan fingerprint density at radius 3 is 2.06 bits per heavy atom. The van der Waals surface area contributed by atoms with E-state index in [2.05, 4.69) is 5.73 Å². The lowest BCUT2D eigenvalue weighted by Crippen LogP contribution is -2.68. The van der Waals surface area contributed by atoms with Crippen LogP contribution in [0.15, 0.2) is 18.2 Å². The van der Waals surface area contributed by atoms with Gasteiger partial charge in [-0.05, 0) is 18.6 Å². The molecule has 7 nitrogen and oxygen atoms in total. The largest absolute Gasteiger partial charge is 0.477 e. The van der Waals surface area contributed by atoms with Crippen molar-refractivity contribution in [1.29, 1.82) is 0 Å². The molecule has 0 atom stereocenters. The summed E-state index contributed by atoms with van der Waals surface area (Å²) in [5.74, 6) is -0.918. The smallest absolute Gasteiger partial charge is 0.341 e. The summed E-state index contributed by atoms with van der Waals surface area (Å²) in [6.07, 6.45) is 0. The first-order valence-corrected chi connectivity index (χ1v) is 5.12. The van der Waals surface area contributed by atoms with Crippen LogP contribution < -0.4 is 24.4 Å². The van der Waals surface area contributed by atoms with Crippen molar-refractivity contribution in [1.82, 2.24) is 0 Å². The summed E-state index contributed by atoms with van der Waals surface area (Å²) in [5.41, 5.74) is 5.38. The molecule has 0 amide bonds. The van der Waals surface area contributed by atoms with Gasteiger partial charge in [-0.3, -0.25) is 0 Å². The van der Waals surface area contributed by atoms with Gasteiger partial charge in [0.2, 0.25) is 0 Å². The van der Waals surface area contributed by atoms with Crippen molar-refractivity contribution < 1.29 is 44.5 Å². The lowest BCUT2D eigenvalue weighted by Gasteiger charge is -2.17. The van der Waals surface area contributed by atoms with Gasteiger partial charge in [0, 0.05) is 6.07 Å². The molecule has 4 N–H and O–H groups in total. The maximum Gasteiger partial charge on any atom is 0.341 e. The van der Waals surface area contributed by atoms with Gasteiger partial charge in [-0.25, -0.2) is 23.4 Å². The van der Waals surface area contributed by atoms with E-state index in [0.717, 1.165) is 5.56 Å². The Bertz CT molecular complexity index is 369. The van der Waals surface area contributed by atoms with E-state index in [4.69, 9.17) is 23.7 Å². The SMILES string of the molecule is Cc1ccc([NH3+])c(C(=O)O)c1.[O-][Cl+3]([O-])([O-])[O-]. The molecule has 0 aliphatic heterocycles. The molecule has 0 radical (unpaired) electrons. The summed E-state index contributed by atoms with van der Waals surface area (Å²) >= 11 is 0. The molecule has 0 aromatic heterocycles. The second kappa shape index (κ2) is 5.75. The zero-order valence-corrected chi connectivity index (χ0v) is 9.06. The van der Waals surface area contributed by atoms with Gasteiger partial charge in [-0.1, -0.05) is 6.07 Å². The van der Waals surface area contributed by atoms with Crippen LogP contribution in [0.5, 0.6) is 0 Å². The minimum Gasteiger partial charge on any atom is -0.477 e. The van der Waals surface area contributed by atoms with Crippen LogP contribution in [-0.2, 0) is 0 Å². The number of benzene rings is 1. The number of carboxylic acids is 1. The van der Waals surface area contributed by atoms with E-state index in [0.29, 0.717) is 5.69 Å². The molecule has 0 saturated carbocycles. The number of aromatic carboxylic acids is 1. The average molecular weight is 252 g/mol. The normalized spacial score (nSPS) is 10.4. The van der Waals surface area contributed by atoms with Crippen LogP contribution in [-0.4, -0.2) is 11.1 Å². The molecule has 0 unspecified atom stereocenters. The molecule has 1 aromatic rings. The number of quaternary nitrogens is 1. The predicted molar refractivity (Wildman–Crippen MR) is 40.7 cm³/mol. The van der Waals surface area contributed by atoms with Crippen molar-refractivity contribution in [2.75, 3.05) is 0 Å². The van der Waals surface area contributed by atoms with Gasteiger partial charge in [0.25, 0.3) is 0 Å². The molecule has 0 aliphatic rings. The third kappa shape index (κ3) is 7.12. The molecule has 8 heteroatoms. The summed E-state index contributed by atoms with van der Waals surface area (Å²) in [5, 5.41) is 8.65. The first kappa shape index (κ1) is 14.8. The number of rotatable bonds is 1. The predicted octanol–water partition coefficient (Wildman–Crippen LogP) is -4.19. The van der Waals surface area contributed by atoms with Crippen LogP contribution >= 0.6 is 0 Å². The summed E-state index contributed by atoms with van der Waals surface area (Å²) < 4.78 is 34.0. The van der Waals surface area contributed by atoms with Crippen LogP contribution in [0.25, 0.3) is 0 Å². The number of aryl methyl sites for hydroxylation is 1. The van der Waals surface area contributed by atoms with Gasteiger partial charge < -0.3 is 10.8 Å². The Kier molecular flexibility index (Phi) is 5.31. The third-order valence-electron chi connectivity index (χ3n) is 1.50.